The molecule has 8 nitrogen and oxygen atoms in total. The summed E-state index contributed by atoms with van der Waals surface area (Å²) in [7, 11) is 0. The van der Waals surface area contributed by atoms with Crippen molar-refractivity contribution in [1.29, 1.82) is 5.26 Å². The molecule has 1 unspecified atom stereocenters. The van der Waals surface area contributed by atoms with E-state index in [4.69, 9.17) is 10.4 Å². The average Bonchev–Trinajstić information content (AvgIpc) is 2.47. The number of aliphatic carboxylic acids is 1. The van der Waals surface area contributed by atoms with Crippen molar-refractivity contribution >= 4 is 23.6 Å². The third-order valence-electron chi connectivity index (χ3n) is 2.99. The van der Waals surface area contributed by atoms with Crippen LogP contribution in [0.15, 0.2) is 24.3 Å². The van der Waals surface area contributed by atoms with E-state index < -0.39 is 23.9 Å². The van der Waals surface area contributed by atoms with Gasteiger partial charge in [0, 0.05) is 12.2 Å². The molecule has 0 radical (unpaired) electrons. The lowest BCUT2D eigenvalue weighted by Gasteiger charge is -2.32. The normalized spacial score (nSPS) is 17.6. The van der Waals surface area contributed by atoms with Crippen molar-refractivity contribution in [1.82, 2.24) is 10.2 Å². The highest BCUT2D eigenvalue weighted by atomic mass is 16.4. The number of hydrogen-bond donors (Lipinski definition) is 3. The van der Waals surface area contributed by atoms with Crippen LogP contribution in [0, 0.1) is 11.3 Å². The van der Waals surface area contributed by atoms with Gasteiger partial charge in [0.1, 0.15) is 12.6 Å². The molecule has 3 amide bonds. The summed E-state index contributed by atoms with van der Waals surface area (Å²) in [6.45, 7) is -0.450. The zero-order chi connectivity index (χ0) is 15.4. The van der Waals surface area contributed by atoms with Gasteiger partial charge in [-0.25, -0.2) is 9.59 Å². The molecule has 3 N–H and O–H groups in total. The smallest absolute Gasteiger partial charge is 0.328 e. The highest BCUT2D eigenvalue weighted by Gasteiger charge is 2.35. The maximum Gasteiger partial charge on any atom is 0.328 e. The van der Waals surface area contributed by atoms with Gasteiger partial charge in [-0.15, -0.1) is 0 Å². The van der Waals surface area contributed by atoms with Gasteiger partial charge in [0.15, 0.2) is 0 Å². The van der Waals surface area contributed by atoms with Crippen LogP contribution in [-0.4, -0.2) is 47.0 Å². The van der Waals surface area contributed by atoms with Gasteiger partial charge in [0.05, 0.1) is 11.6 Å². The molecule has 2 rings (SSSR count). The summed E-state index contributed by atoms with van der Waals surface area (Å²) in [4.78, 5) is 35.5. The molecule has 0 spiro atoms. The van der Waals surface area contributed by atoms with Gasteiger partial charge in [-0.1, -0.05) is 0 Å². The number of carboxylic acids is 1. The second-order valence-corrected chi connectivity index (χ2v) is 4.41. The van der Waals surface area contributed by atoms with Crippen molar-refractivity contribution in [2.75, 3.05) is 18.4 Å². The molecule has 8 heteroatoms. The molecular formula is C13H12N4O4. The Hall–Kier alpha value is -3.08. The first kappa shape index (κ1) is 14.3. The summed E-state index contributed by atoms with van der Waals surface area (Å²) in [5, 5.41) is 22.7. The van der Waals surface area contributed by atoms with Gasteiger partial charge >= 0.3 is 12.0 Å². The van der Waals surface area contributed by atoms with Crippen LogP contribution in [-0.2, 0) is 9.59 Å². The van der Waals surface area contributed by atoms with E-state index in [1.54, 1.807) is 0 Å². The number of amides is 3. The largest absolute Gasteiger partial charge is 0.480 e. The zero-order valence-corrected chi connectivity index (χ0v) is 10.9. The number of anilines is 1. The Morgan fingerprint density at radius 3 is 2.62 bits per heavy atom. The maximum absolute atomic E-state index is 12.1. The van der Waals surface area contributed by atoms with Crippen LogP contribution in [0.5, 0.6) is 0 Å². The fourth-order valence-corrected chi connectivity index (χ4v) is 1.90. The molecule has 1 atom stereocenters. The van der Waals surface area contributed by atoms with Crippen LogP contribution in [0.25, 0.3) is 0 Å². The highest BCUT2D eigenvalue weighted by Crippen LogP contribution is 2.12. The molecule has 0 bridgehead atoms. The van der Waals surface area contributed by atoms with Crippen LogP contribution in [0.2, 0.25) is 0 Å². The van der Waals surface area contributed by atoms with Gasteiger partial charge in [-0.05, 0) is 24.3 Å². The summed E-state index contributed by atoms with van der Waals surface area (Å²) in [6.07, 6.45) is 0. The Morgan fingerprint density at radius 1 is 1.38 bits per heavy atom. The molecule has 0 aromatic heterocycles. The number of nitrogens with one attached hydrogen (secondary N) is 2. The summed E-state index contributed by atoms with van der Waals surface area (Å²) in [5.41, 5.74) is 0.850. The number of rotatable bonds is 2. The first-order valence-corrected chi connectivity index (χ1v) is 6.08. The summed E-state index contributed by atoms with van der Waals surface area (Å²) in [6, 6.07) is 6.25. The number of piperazine rings is 1. The van der Waals surface area contributed by atoms with E-state index in [0.717, 1.165) is 4.90 Å². The first-order chi connectivity index (χ1) is 10.0. The number of carboxylic acid groups (broad SMARTS) is 1. The maximum atomic E-state index is 12.1. The average molecular weight is 288 g/mol. The molecule has 108 valence electrons. The Balaban J connectivity index is 2.11. The van der Waals surface area contributed by atoms with Gasteiger partial charge in [-0.2, -0.15) is 5.26 Å². The molecule has 0 aliphatic carbocycles. The Labute approximate surface area is 120 Å². The van der Waals surface area contributed by atoms with Gasteiger partial charge < -0.3 is 15.7 Å². The molecule has 1 aliphatic rings. The summed E-state index contributed by atoms with van der Waals surface area (Å²) >= 11 is 0. The summed E-state index contributed by atoms with van der Waals surface area (Å²) < 4.78 is 0. The van der Waals surface area contributed by atoms with Crippen molar-refractivity contribution in [3.8, 4) is 6.07 Å². The number of nitriles is 1. The van der Waals surface area contributed by atoms with E-state index in [9.17, 15) is 14.4 Å². The monoisotopic (exact) mass is 288 g/mol. The lowest BCUT2D eigenvalue weighted by Crippen LogP contribution is -2.60. The fourth-order valence-electron chi connectivity index (χ4n) is 1.90. The van der Waals surface area contributed by atoms with Gasteiger partial charge in [0.25, 0.3) is 0 Å². The Bertz CT molecular complexity index is 620. The molecule has 1 aliphatic heterocycles. The van der Waals surface area contributed by atoms with Crippen molar-refractivity contribution in [3.05, 3.63) is 29.8 Å². The predicted molar refractivity (Wildman–Crippen MR) is 71.3 cm³/mol. The number of nitrogens with zero attached hydrogens (tertiary/aromatic N) is 2. The van der Waals surface area contributed by atoms with Crippen LogP contribution in [0.3, 0.4) is 0 Å². The molecule has 1 fully saturated rings. The van der Waals surface area contributed by atoms with E-state index in [2.05, 4.69) is 10.6 Å². The molecule has 1 aromatic rings. The van der Waals surface area contributed by atoms with E-state index in [1.807, 2.05) is 6.07 Å². The lowest BCUT2D eigenvalue weighted by molar-refractivity contribution is -0.144. The van der Waals surface area contributed by atoms with Gasteiger partial charge in [-0.3, -0.25) is 9.69 Å². The minimum Gasteiger partial charge on any atom is -0.480 e. The second kappa shape index (κ2) is 5.92. The molecule has 21 heavy (non-hydrogen) atoms. The molecule has 0 saturated carbocycles. The van der Waals surface area contributed by atoms with E-state index in [1.165, 1.54) is 24.3 Å². The van der Waals surface area contributed by atoms with Crippen LogP contribution < -0.4 is 10.6 Å². The van der Waals surface area contributed by atoms with Crippen molar-refractivity contribution in [3.63, 3.8) is 0 Å². The van der Waals surface area contributed by atoms with E-state index >= 15 is 0 Å². The molecule has 1 saturated heterocycles. The number of carbonyl (C=O) groups excluding carboxylic acids is 2. The number of benzene rings is 1. The Kier molecular flexibility index (Phi) is 4.04. The van der Waals surface area contributed by atoms with Crippen molar-refractivity contribution < 1.29 is 19.5 Å². The molecular weight excluding hydrogens is 276 g/mol. The van der Waals surface area contributed by atoms with E-state index in [0.29, 0.717) is 11.3 Å². The minimum atomic E-state index is -1.19. The Morgan fingerprint density at radius 2 is 2.05 bits per heavy atom. The zero-order valence-electron chi connectivity index (χ0n) is 10.9. The quantitative estimate of drug-likeness (QED) is 0.705. The van der Waals surface area contributed by atoms with Crippen LogP contribution in [0.1, 0.15) is 5.56 Å². The van der Waals surface area contributed by atoms with Crippen LogP contribution >= 0.6 is 0 Å². The topological polar surface area (TPSA) is 123 Å². The van der Waals surface area contributed by atoms with Crippen LogP contribution in [0.4, 0.5) is 10.5 Å². The van der Waals surface area contributed by atoms with Crippen molar-refractivity contribution in [2.24, 2.45) is 0 Å². The standard InChI is InChI=1S/C13H12N4O4/c14-5-8-1-3-9(4-2-8)16-13(21)17-7-11(18)15-6-10(17)12(19)20/h1-4,10H,6-7H2,(H,15,18)(H,16,21)(H,19,20). The number of hydrogen-bond acceptors (Lipinski definition) is 4. The minimum absolute atomic E-state index is 0.130. The predicted octanol–water partition coefficient (Wildman–Crippen LogP) is -0.0248. The van der Waals surface area contributed by atoms with Gasteiger partial charge in [0.2, 0.25) is 5.91 Å². The third-order valence-corrected chi connectivity index (χ3v) is 2.99. The molecule has 1 heterocycles. The fraction of sp³-hybridized carbons (Fsp3) is 0.231. The van der Waals surface area contributed by atoms with E-state index in [-0.39, 0.29) is 13.1 Å². The SMILES string of the molecule is N#Cc1ccc(NC(=O)N2CC(=O)NCC2C(=O)O)cc1. The van der Waals surface area contributed by atoms with Crippen molar-refractivity contribution in [2.45, 2.75) is 6.04 Å². The number of carbonyl (C=O) groups is 3. The molecule has 1 aromatic carbocycles. The number of urea groups is 1. The second-order valence-electron chi connectivity index (χ2n) is 4.41. The summed E-state index contributed by atoms with van der Waals surface area (Å²) in [5.74, 6) is -1.60. The third kappa shape index (κ3) is 3.27. The highest BCUT2D eigenvalue weighted by molar-refractivity contribution is 5.96. The lowest BCUT2D eigenvalue weighted by atomic mass is 10.2. The first-order valence-electron chi connectivity index (χ1n) is 6.08.